The van der Waals surface area contributed by atoms with E-state index >= 15 is 0 Å². The lowest BCUT2D eigenvalue weighted by atomic mass is 10.2. The molecular formula is C13H12F3N3O3S. The standard InChI is InChI=1S/C13H12F3N3O3S/c1-8-5-3-4-6-10(8)23(21,22)18-11(20)9-7-19(2)12(17-9)13(14,15)16/h3-7H,1-2H3,(H,18,20). The van der Waals surface area contributed by atoms with Gasteiger partial charge in [-0.15, -0.1) is 0 Å². The zero-order valence-corrected chi connectivity index (χ0v) is 12.9. The van der Waals surface area contributed by atoms with Gasteiger partial charge in [-0.25, -0.2) is 18.1 Å². The van der Waals surface area contributed by atoms with Crippen LogP contribution >= 0.6 is 0 Å². The molecule has 2 rings (SSSR count). The Morgan fingerprint density at radius 1 is 1.26 bits per heavy atom. The minimum Gasteiger partial charge on any atom is -0.330 e. The number of sulfonamides is 1. The summed E-state index contributed by atoms with van der Waals surface area (Å²) in [6.45, 7) is 1.53. The Morgan fingerprint density at radius 2 is 1.87 bits per heavy atom. The number of hydrogen-bond donors (Lipinski definition) is 1. The SMILES string of the molecule is Cc1ccccc1S(=O)(=O)NC(=O)c1cn(C)c(C(F)(F)F)n1. The highest BCUT2D eigenvalue weighted by Crippen LogP contribution is 2.28. The first-order valence-corrected chi connectivity index (χ1v) is 7.74. The van der Waals surface area contributed by atoms with Crippen LogP contribution in [0.1, 0.15) is 21.9 Å². The molecule has 0 bridgehead atoms. The number of imidazole rings is 1. The molecule has 0 saturated heterocycles. The van der Waals surface area contributed by atoms with Gasteiger partial charge < -0.3 is 4.57 Å². The number of aromatic nitrogens is 2. The normalized spacial score (nSPS) is 12.2. The second-order valence-electron chi connectivity index (χ2n) is 4.76. The predicted octanol–water partition coefficient (Wildman–Crippen LogP) is 1.87. The van der Waals surface area contributed by atoms with Crippen molar-refractivity contribution < 1.29 is 26.4 Å². The number of nitrogens with one attached hydrogen (secondary N) is 1. The monoisotopic (exact) mass is 347 g/mol. The van der Waals surface area contributed by atoms with E-state index in [1.807, 2.05) is 0 Å². The Morgan fingerprint density at radius 3 is 2.39 bits per heavy atom. The fraction of sp³-hybridized carbons (Fsp3) is 0.231. The molecule has 0 radical (unpaired) electrons. The first-order chi connectivity index (χ1) is 10.5. The second kappa shape index (κ2) is 5.69. The average molecular weight is 347 g/mol. The molecule has 0 aliphatic rings. The van der Waals surface area contributed by atoms with Crippen LogP contribution in [0.25, 0.3) is 0 Å². The zero-order chi connectivity index (χ0) is 17.4. The van der Waals surface area contributed by atoms with E-state index < -0.39 is 33.6 Å². The Labute approximate surface area is 130 Å². The highest BCUT2D eigenvalue weighted by molar-refractivity contribution is 7.90. The van der Waals surface area contributed by atoms with Crippen molar-refractivity contribution in [3.8, 4) is 0 Å². The minimum absolute atomic E-state index is 0.139. The van der Waals surface area contributed by atoms with Crippen molar-refractivity contribution in [1.29, 1.82) is 0 Å². The van der Waals surface area contributed by atoms with E-state index in [4.69, 9.17) is 0 Å². The summed E-state index contributed by atoms with van der Waals surface area (Å²) in [6.07, 6.45) is -3.94. The lowest BCUT2D eigenvalue weighted by Crippen LogP contribution is -2.31. The molecule has 0 saturated carbocycles. The van der Waals surface area contributed by atoms with Crippen LogP contribution in [0.5, 0.6) is 0 Å². The van der Waals surface area contributed by atoms with Gasteiger partial charge in [0.1, 0.15) is 5.69 Å². The third-order valence-electron chi connectivity index (χ3n) is 2.97. The molecule has 1 aromatic carbocycles. The summed E-state index contributed by atoms with van der Waals surface area (Å²) in [4.78, 5) is 14.9. The fourth-order valence-corrected chi connectivity index (χ4v) is 3.13. The van der Waals surface area contributed by atoms with Crippen LogP contribution in [-0.2, 0) is 23.2 Å². The van der Waals surface area contributed by atoms with Crippen molar-refractivity contribution in [2.45, 2.75) is 18.0 Å². The molecule has 0 aliphatic heterocycles. The van der Waals surface area contributed by atoms with Crippen LogP contribution in [-0.4, -0.2) is 23.9 Å². The van der Waals surface area contributed by atoms with Gasteiger partial charge in [0.25, 0.3) is 15.9 Å². The van der Waals surface area contributed by atoms with Crippen molar-refractivity contribution in [1.82, 2.24) is 14.3 Å². The highest BCUT2D eigenvalue weighted by atomic mass is 32.2. The van der Waals surface area contributed by atoms with Crippen LogP contribution in [0.2, 0.25) is 0 Å². The van der Waals surface area contributed by atoms with Crippen molar-refractivity contribution >= 4 is 15.9 Å². The van der Waals surface area contributed by atoms with E-state index in [2.05, 4.69) is 4.98 Å². The summed E-state index contributed by atoms with van der Waals surface area (Å²) in [7, 11) is -3.15. The quantitative estimate of drug-likeness (QED) is 0.919. The van der Waals surface area contributed by atoms with Crippen molar-refractivity contribution in [3.63, 3.8) is 0 Å². The number of aryl methyl sites for hydroxylation is 2. The summed E-state index contributed by atoms with van der Waals surface area (Å²) >= 11 is 0. The Hall–Kier alpha value is -2.36. The van der Waals surface area contributed by atoms with E-state index in [0.29, 0.717) is 10.1 Å². The summed E-state index contributed by atoms with van der Waals surface area (Å²) in [5, 5.41) is 0. The Bertz CT molecular complexity index is 857. The molecule has 124 valence electrons. The highest BCUT2D eigenvalue weighted by Gasteiger charge is 2.37. The number of benzene rings is 1. The van der Waals surface area contributed by atoms with Crippen molar-refractivity contribution in [2.24, 2.45) is 7.05 Å². The molecule has 0 unspecified atom stereocenters. The molecule has 0 fully saturated rings. The number of nitrogens with zero attached hydrogens (tertiary/aromatic N) is 2. The number of alkyl halides is 3. The third-order valence-corrected chi connectivity index (χ3v) is 4.46. The zero-order valence-electron chi connectivity index (χ0n) is 12.0. The lowest BCUT2D eigenvalue weighted by molar-refractivity contribution is -0.146. The summed E-state index contributed by atoms with van der Waals surface area (Å²) in [6, 6.07) is 5.89. The van der Waals surface area contributed by atoms with Crippen LogP contribution in [0.15, 0.2) is 35.4 Å². The molecule has 0 aliphatic carbocycles. The maximum atomic E-state index is 12.6. The third kappa shape index (κ3) is 3.52. The predicted molar refractivity (Wildman–Crippen MR) is 74.0 cm³/mol. The maximum absolute atomic E-state index is 12.6. The van der Waals surface area contributed by atoms with Gasteiger partial charge in [-0.2, -0.15) is 13.2 Å². The molecule has 1 heterocycles. The van der Waals surface area contributed by atoms with Crippen LogP contribution < -0.4 is 4.72 Å². The molecule has 1 amide bonds. The summed E-state index contributed by atoms with van der Waals surface area (Å²) < 4.78 is 64.5. The number of hydrogen-bond acceptors (Lipinski definition) is 4. The smallest absolute Gasteiger partial charge is 0.330 e. The molecule has 1 N–H and O–H groups in total. The summed E-state index contributed by atoms with van der Waals surface area (Å²) in [5.74, 6) is -2.53. The van der Waals surface area contributed by atoms with Gasteiger partial charge in [0.15, 0.2) is 0 Å². The van der Waals surface area contributed by atoms with Crippen LogP contribution in [0.3, 0.4) is 0 Å². The van der Waals surface area contributed by atoms with E-state index in [1.165, 1.54) is 25.1 Å². The van der Waals surface area contributed by atoms with Crippen LogP contribution in [0, 0.1) is 6.92 Å². The van der Waals surface area contributed by atoms with E-state index in [9.17, 15) is 26.4 Å². The van der Waals surface area contributed by atoms with Gasteiger partial charge >= 0.3 is 6.18 Å². The number of carbonyl (C=O) groups is 1. The minimum atomic E-state index is -4.75. The fourth-order valence-electron chi connectivity index (χ4n) is 1.93. The number of rotatable bonds is 3. The first-order valence-electron chi connectivity index (χ1n) is 6.25. The second-order valence-corrected chi connectivity index (χ2v) is 6.41. The Kier molecular flexibility index (Phi) is 4.20. The van der Waals surface area contributed by atoms with Gasteiger partial charge in [0, 0.05) is 13.2 Å². The topological polar surface area (TPSA) is 81.1 Å². The number of amides is 1. The van der Waals surface area contributed by atoms with E-state index in [1.54, 1.807) is 10.8 Å². The number of carbonyl (C=O) groups excluding carboxylic acids is 1. The molecule has 1 aromatic heterocycles. The molecule has 23 heavy (non-hydrogen) atoms. The van der Waals surface area contributed by atoms with Crippen molar-refractivity contribution in [3.05, 3.63) is 47.5 Å². The lowest BCUT2D eigenvalue weighted by Gasteiger charge is -2.07. The molecule has 10 heteroatoms. The molecule has 6 nitrogen and oxygen atoms in total. The maximum Gasteiger partial charge on any atom is 0.449 e. The van der Waals surface area contributed by atoms with Gasteiger partial charge in [-0.1, -0.05) is 18.2 Å². The Balaban J connectivity index is 2.31. The molecule has 2 aromatic rings. The van der Waals surface area contributed by atoms with E-state index in [0.717, 1.165) is 13.2 Å². The van der Waals surface area contributed by atoms with Gasteiger partial charge in [0.2, 0.25) is 5.82 Å². The molecule has 0 spiro atoms. The average Bonchev–Trinajstić information content (AvgIpc) is 2.80. The first kappa shape index (κ1) is 17.0. The number of halogens is 3. The van der Waals surface area contributed by atoms with Gasteiger partial charge in [-0.3, -0.25) is 4.79 Å². The molecule has 0 atom stereocenters. The van der Waals surface area contributed by atoms with Crippen LogP contribution in [0.4, 0.5) is 13.2 Å². The van der Waals surface area contributed by atoms with Gasteiger partial charge in [0.05, 0.1) is 4.90 Å². The van der Waals surface area contributed by atoms with Gasteiger partial charge in [-0.05, 0) is 18.6 Å². The largest absolute Gasteiger partial charge is 0.449 e. The van der Waals surface area contributed by atoms with E-state index in [-0.39, 0.29) is 4.90 Å². The molecular weight excluding hydrogens is 335 g/mol. The summed E-state index contributed by atoms with van der Waals surface area (Å²) in [5.41, 5.74) is -0.248. The van der Waals surface area contributed by atoms with Crippen molar-refractivity contribution in [2.75, 3.05) is 0 Å².